The highest BCUT2D eigenvalue weighted by atomic mass is 35.5. The Bertz CT molecular complexity index is 1280. The van der Waals surface area contributed by atoms with E-state index in [1.807, 2.05) is 30.3 Å². The summed E-state index contributed by atoms with van der Waals surface area (Å²) in [5.74, 6) is 0.382. The number of nitriles is 1. The van der Waals surface area contributed by atoms with E-state index in [-0.39, 0.29) is 22.9 Å². The molecule has 0 spiro atoms. The number of carbonyl (C=O) groups is 1. The van der Waals surface area contributed by atoms with Crippen LogP contribution in [0.15, 0.2) is 63.8 Å². The predicted octanol–water partition coefficient (Wildman–Crippen LogP) is 4.44. The molecule has 34 heavy (non-hydrogen) atoms. The maximum atomic E-state index is 13.4. The van der Waals surface area contributed by atoms with Crippen LogP contribution in [0.3, 0.4) is 0 Å². The number of fused-ring (bicyclic) bond motifs is 1. The standard InChI is InChI=1S/C24H21ClN4O4S/c1-4-33-23(30)18-19(13-8-6-5-7-9-13)28-24-29(22(27)17(12-26)34-24)20(18)14-10-15(25)21(32-3)16(11-14)31-2/h5-11,20H,4,27H2,1-3H3/t20-/m0/s1. The molecule has 0 radical (unpaired) electrons. The van der Waals surface area contributed by atoms with E-state index in [9.17, 15) is 10.1 Å². The zero-order valence-corrected chi connectivity index (χ0v) is 20.2. The van der Waals surface area contributed by atoms with Crippen LogP contribution in [0.2, 0.25) is 5.02 Å². The van der Waals surface area contributed by atoms with Crippen molar-refractivity contribution in [3.05, 3.63) is 74.9 Å². The lowest BCUT2D eigenvalue weighted by atomic mass is 9.91. The molecule has 0 amide bonds. The van der Waals surface area contributed by atoms with Gasteiger partial charge in [-0.15, -0.1) is 0 Å². The van der Waals surface area contributed by atoms with E-state index >= 15 is 0 Å². The topological polar surface area (TPSA) is 110 Å². The molecule has 2 aromatic carbocycles. The van der Waals surface area contributed by atoms with Gasteiger partial charge < -0.3 is 19.9 Å². The summed E-state index contributed by atoms with van der Waals surface area (Å²) in [5.41, 5.74) is 8.39. The summed E-state index contributed by atoms with van der Waals surface area (Å²) in [6.07, 6.45) is 0. The first kappa shape index (κ1) is 23.5. The first-order chi connectivity index (χ1) is 16.4. The number of nitrogens with two attached hydrogens (primary N) is 1. The second kappa shape index (κ2) is 9.71. The molecule has 2 aliphatic heterocycles. The number of aliphatic imine (C=N–C) groups is 1. The Morgan fingerprint density at radius 2 is 2.00 bits per heavy atom. The lowest BCUT2D eigenvalue weighted by molar-refractivity contribution is -0.139. The number of amidine groups is 1. The fourth-order valence-corrected chi connectivity index (χ4v) is 5.04. The van der Waals surface area contributed by atoms with Gasteiger partial charge in [0.2, 0.25) is 0 Å². The van der Waals surface area contributed by atoms with Gasteiger partial charge in [-0.3, -0.25) is 4.90 Å². The molecule has 2 N–H and O–H groups in total. The molecule has 1 atom stereocenters. The normalized spacial score (nSPS) is 17.2. The Balaban J connectivity index is 2.04. The number of halogens is 1. The molecule has 2 aromatic rings. The number of ether oxygens (including phenoxy) is 3. The highest BCUT2D eigenvalue weighted by molar-refractivity contribution is 8.17. The maximum absolute atomic E-state index is 13.4. The summed E-state index contributed by atoms with van der Waals surface area (Å²) >= 11 is 7.67. The van der Waals surface area contributed by atoms with Gasteiger partial charge in [-0.25, -0.2) is 9.79 Å². The van der Waals surface area contributed by atoms with Crippen molar-refractivity contribution in [3.8, 4) is 17.6 Å². The van der Waals surface area contributed by atoms with Crippen LogP contribution in [-0.2, 0) is 9.53 Å². The third-order valence-corrected chi connectivity index (χ3v) is 6.56. The van der Waals surface area contributed by atoms with E-state index in [0.29, 0.717) is 32.9 Å². The average Bonchev–Trinajstić information content (AvgIpc) is 3.18. The number of methoxy groups -OCH3 is 2. The van der Waals surface area contributed by atoms with Crippen molar-refractivity contribution in [2.75, 3.05) is 20.8 Å². The SMILES string of the molecule is CCOC(=O)C1=C(c2ccccc2)N=C2SC(C#N)=C(N)N2[C@H]1c1cc(Cl)c(OC)c(OC)c1. The third-order valence-electron chi connectivity index (χ3n) is 5.30. The Labute approximate surface area is 206 Å². The highest BCUT2D eigenvalue weighted by Crippen LogP contribution is 2.49. The first-order valence-electron chi connectivity index (χ1n) is 10.3. The number of thioether (sulfide) groups is 1. The summed E-state index contributed by atoms with van der Waals surface area (Å²) in [4.78, 5) is 20.1. The molecule has 10 heteroatoms. The number of rotatable bonds is 6. The van der Waals surface area contributed by atoms with E-state index in [2.05, 4.69) is 6.07 Å². The van der Waals surface area contributed by atoms with Gasteiger partial charge in [0.05, 0.1) is 43.2 Å². The minimum atomic E-state index is -0.780. The van der Waals surface area contributed by atoms with E-state index in [4.69, 9.17) is 36.5 Å². The van der Waals surface area contributed by atoms with Gasteiger partial charge in [-0.2, -0.15) is 5.26 Å². The number of nitrogens with zero attached hydrogens (tertiary/aromatic N) is 3. The minimum Gasteiger partial charge on any atom is -0.493 e. The zero-order valence-electron chi connectivity index (χ0n) is 18.7. The molecule has 8 nitrogen and oxygen atoms in total. The molecule has 2 heterocycles. The molecule has 0 unspecified atom stereocenters. The Hall–Kier alpha value is -3.61. The number of carbonyl (C=O) groups excluding carboxylic acids is 1. The van der Waals surface area contributed by atoms with E-state index in [1.165, 1.54) is 14.2 Å². The molecule has 0 aromatic heterocycles. The smallest absolute Gasteiger partial charge is 0.338 e. The molecule has 0 aliphatic carbocycles. The lowest BCUT2D eigenvalue weighted by Crippen LogP contribution is -2.38. The fourth-order valence-electron chi connectivity index (χ4n) is 3.87. The lowest BCUT2D eigenvalue weighted by Gasteiger charge is -2.35. The van der Waals surface area contributed by atoms with Gasteiger partial charge in [0.15, 0.2) is 16.7 Å². The van der Waals surface area contributed by atoms with Crippen LogP contribution in [0.1, 0.15) is 24.1 Å². The molecule has 174 valence electrons. The minimum absolute atomic E-state index is 0.171. The molecule has 0 saturated carbocycles. The van der Waals surface area contributed by atoms with Gasteiger partial charge in [0, 0.05) is 5.56 Å². The molecule has 2 aliphatic rings. The van der Waals surface area contributed by atoms with Crippen LogP contribution >= 0.6 is 23.4 Å². The Morgan fingerprint density at radius 3 is 2.62 bits per heavy atom. The van der Waals surface area contributed by atoms with Crippen molar-refractivity contribution >= 4 is 40.2 Å². The summed E-state index contributed by atoms with van der Waals surface area (Å²) in [6, 6.07) is 14.0. The summed E-state index contributed by atoms with van der Waals surface area (Å²) < 4.78 is 16.3. The third kappa shape index (κ3) is 3.95. The van der Waals surface area contributed by atoms with Crippen molar-refractivity contribution in [3.63, 3.8) is 0 Å². The second-order valence-electron chi connectivity index (χ2n) is 7.18. The van der Waals surface area contributed by atoms with Crippen LogP contribution in [0, 0.1) is 11.3 Å². The van der Waals surface area contributed by atoms with E-state index < -0.39 is 12.0 Å². The highest BCUT2D eigenvalue weighted by Gasteiger charge is 2.44. The second-order valence-corrected chi connectivity index (χ2v) is 8.57. The Morgan fingerprint density at radius 1 is 1.26 bits per heavy atom. The van der Waals surface area contributed by atoms with Gasteiger partial charge >= 0.3 is 5.97 Å². The van der Waals surface area contributed by atoms with E-state index in [0.717, 1.165) is 17.3 Å². The van der Waals surface area contributed by atoms with Crippen LogP contribution in [0.25, 0.3) is 5.70 Å². The molecule has 0 fully saturated rings. The van der Waals surface area contributed by atoms with Gasteiger partial charge in [0.1, 0.15) is 16.8 Å². The molecule has 0 bridgehead atoms. The molecular formula is C24H21ClN4O4S. The molecule has 4 rings (SSSR count). The number of esters is 1. The number of hydrogen-bond acceptors (Lipinski definition) is 9. The number of benzene rings is 2. The first-order valence-corrected chi connectivity index (χ1v) is 11.5. The monoisotopic (exact) mass is 496 g/mol. The molecule has 0 saturated heterocycles. The van der Waals surface area contributed by atoms with Crippen molar-refractivity contribution in [2.24, 2.45) is 10.7 Å². The van der Waals surface area contributed by atoms with Crippen LogP contribution in [0.5, 0.6) is 11.5 Å². The zero-order chi connectivity index (χ0) is 24.4. The van der Waals surface area contributed by atoms with Gasteiger partial charge in [-0.1, -0.05) is 41.9 Å². The Kier molecular flexibility index (Phi) is 6.72. The van der Waals surface area contributed by atoms with Crippen molar-refractivity contribution < 1.29 is 19.0 Å². The number of allylic oxidation sites excluding steroid dienone is 1. The summed E-state index contributed by atoms with van der Waals surface area (Å²) in [7, 11) is 2.99. The van der Waals surface area contributed by atoms with Crippen molar-refractivity contribution in [1.82, 2.24) is 4.90 Å². The largest absolute Gasteiger partial charge is 0.493 e. The maximum Gasteiger partial charge on any atom is 0.338 e. The van der Waals surface area contributed by atoms with Crippen molar-refractivity contribution in [1.29, 1.82) is 5.26 Å². The quantitative estimate of drug-likeness (QED) is 0.584. The summed E-state index contributed by atoms with van der Waals surface area (Å²) in [6.45, 7) is 1.90. The van der Waals surface area contributed by atoms with Crippen LogP contribution in [-0.4, -0.2) is 36.9 Å². The molecular weight excluding hydrogens is 476 g/mol. The van der Waals surface area contributed by atoms with Crippen molar-refractivity contribution in [2.45, 2.75) is 13.0 Å². The summed E-state index contributed by atoms with van der Waals surface area (Å²) in [5, 5.41) is 10.4. The average molecular weight is 497 g/mol. The fraction of sp³-hybridized carbons (Fsp3) is 0.208. The van der Waals surface area contributed by atoms with E-state index in [1.54, 1.807) is 24.0 Å². The van der Waals surface area contributed by atoms with Gasteiger partial charge in [0.25, 0.3) is 0 Å². The van der Waals surface area contributed by atoms with Gasteiger partial charge in [-0.05, 0) is 36.4 Å². The van der Waals surface area contributed by atoms with Crippen LogP contribution < -0.4 is 15.2 Å². The van der Waals surface area contributed by atoms with Crippen LogP contribution in [0.4, 0.5) is 0 Å². The predicted molar refractivity (Wildman–Crippen MR) is 131 cm³/mol. The number of hydrogen-bond donors (Lipinski definition) is 1.